The van der Waals surface area contributed by atoms with Crippen molar-refractivity contribution in [1.29, 1.82) is 0 Å². The topological polar surface area (TPSA) is 138 Å². The van der Waals surface area contributed by atoms with Crippen molar-refractivity contribution in [2.24, 2.45) is 0 Å². The number of anilines is 1. The molecule has 37 heavy (non-hydrogen) atoms. The van der Waals surface area contributed by atoms with E-state index in [1.807, 2.05) is 0 Å². The molecule has 4 aromatic rings. The molecule has 1 aliphatic rings. The van der Waals surface area contributed by atoms with Gasteiger partial charge in [0, 0.05) is 23.0 Å². The Kier molecular flexibility index (Phi) is 5.62. The highest BCUT2D eigenvalue weighted by Gasteiger charge is 2.51. The van der Waals surface area contributed by atoms with Gasteiger partial charge in [-0.2, -0.15) is 0 Å². The van der Waals surface area contributed by atoms with Crippen molar-refractivity contribution in [1.82, 2.24) is 9.97 Å². The lowest BCUT2D eigenvalue weighted by atomic mass is 9.94. The van der Waals surface area contributed by atoms with E-state index in [9.17, 15) is 14.4 Å². The lowest BCUT2D eigenvalue weighted by Crippen LogP contribution is -2.47. The average Bonchev–Trinajstić information content (AvgIpc) is 3.46. The molecule has 0 fully saturated rings. The van der Waals surface area contributed by atoms with Crippen LogP contribution in [0.4, 0.5) is 5.69 Å². The van der Waals surface area contributed by atoms with Gasteiger partial charge in [0.2, 0.25) is 11.5 Å². The molecule has 1 atom stereocenters. The summed E-state index contributed by atoms with van der Waals surface area (Å²) in [7, 11) is 5.65. The van der Waals surface area contributed by atoms with E-state index in [0.29, 0.717) is 39.1 Å². The van der Waals surface area contributed by atoms with Crippen LogP contribution in [-0.2, 0) is 9.53 Å². The number of Topliss-reactive ketones (excluding diaryl/α,β-unsaturated/α-hetero) is 1. The van der Waals surface area contributed by atoms with Crippen molar-refractivity contribution in [3.05, 3.63) is 47.8 Å². The van der Waals surface area contributed by atoms with Crippen LogP contribution in [0.3, 0.4) is 0 Å². The van der Waals surface area contributed by atoms with Crippen LogP contribution in [0.25, 0.3) is 21.8 Å². The molecule has 0 spiro atoms. The summed E-state index contributed by atoms with van der Waals surface area (Å²) in [5, 5.41) is 4.05. The highest BCUT2D eigenvalue weighted by molar-refractivity contribution is 6.29. The second-order valence-electron chi connectivity index (χ2n) is 8.45. The summed E-state index contributed by atoms with van der Waals surface area (Å²) in [6, 6.07) is 8.20. The van der Waals surface area contributed by atoms with Crippen LogP contribution in [-0.4, -0.2) is 61.7 Å². The van der Waals surface area contributed by atoms with Gasteiger partial charge < -0.3 is 34.0 Å². The maximum atomic E-state index is 13.4. The van der Waals surface area contributed by atoms with E-state index in [2.05, 4.69) is 15.3 Å². The van der Waals surface area contributed by atoms with E-state index in [1.54, 1.807) is 30.5 Å². The van der Waals surface area contributed by atoms with Crippen LogP contribution in [0, 0.1) is 0 Å². The Labute approximate surface area is 210 Å². The number of H-pyrrole nitrogens is 1. The first-order valence-corrected chi connectivity index (χ1v) is 11.1. The third kappa shape index (κ3) is 3.50. The summed E-state index contributed by atoms with van der Waals surface area (Å²) in [4.78, 5) is 46.5. The number of hydrogen-bond acceptors (Lipinski definition) is 10. The van der Waals surface area contributed by atoms with Gasteiger partial charge in [0.15, 0.2) is 22.8 Å². The Hall–Kier alpha value is -4.80. The monoisotopic (exact) mass is 505 g/mol. The summed E-state index contributed by atoms with van der Waals surface area (Å²) >= 11 is 0. The van der Waals surface area contributed by atoms with Crippen molar-refractivity contribution in [2.45, 2.75) is 12.5 Å². The van der Waals surface area contributed by atoms with Crippen molar-refractivity contribution in [3.8, 4) is 23.0 Å². The van der Waals surface area contributed by atoms with Gasteiger partial charge in [-0.25, -0.2) is 9.59 Å². The zero-order valence-electron chi connectivity index (χ0n) is 20.7. The molecule has 2 N–H and O–H groups in total. The molecule has 11 heteroatoms. The van der Waals surface area contributed by atoms with Crippen LogP contribution in [0.1, 0.15) is 27.8 Å². The van der Waals surface area contributed by atoms with E-state index < -0.39 is 23.3 Å². The Bertz CT molecular complexity index is 1610. The van der Waals surface area contributed by atoms with E-state index in [1.165, 1.54) is 41.4 Å². The molecule has 0 aliphatic carbocycles. The SMILES string of the molecule is COC(=O)C1(C)Nc2c(OC(=O)c3cc4cc(OC)c(OC)c(OC)c4[nH]3)cc3ncccc3c2C1=O. The Balaban J connectivity index is 1.60. The number of fused-ring (bicyclic) bond motifs is 4. The second-order valence-corrected chi connectivity index (χ2v) is 8.45. The number of benzene rings is 2. The number of pyridine rings is 1. The molecule has 190 valence electrons. The summed E-state index contributed by atoms with van der Waals surface area (Å²) in [5.74, 6) is -0.847. The number of ketones is 1. The van der Waals surface area contributed by atoms with Crippen LogP contribution >= 0.6 is 0 Å². The number of nitrogens with one attached hydrogen (secondary N) is 2. The van der Waals surface area contributed by atoms with Crippen molar-refractivity contribution in [3.63, 3.8) is 0 Å². The number of methoxy groups -OCH3 is 4. The molecule has 0 saturated heterocycles. The highest BCUT2D eigenvalue weighted by atomic mass is 16.5. The molecule has 2 aromatic carbocycles. The number of rotatable bonds is 6. The standard InChI is InChI=1S/C26H23N3O8/c1-26(25(32)36-5)23(30)18-13-7-6-8-27-14(13)11-16(20(18)29-26)37-24(31)15-9-12-10-17(33-2)21(34-3)22(35-4)19(12)28-15/h6-11,28-29H,1-5H3. The zero-order valence-corrected chi connectivity index (χ0v) is 20.7. The largest absolute Gasteiger partial charge is 0.493 e. The minimum Gasteiger partial charge on any atom is -0.493 e. The average molecular weight is 505 g/mol. The molecule has 3 heterocycles. The minimum absolute atomic E-state index is 0.0351. The number of carbonyl (C=O) groups excluding carboxylic acids is 3. The fourth-order valence-electron chi connectivity index (χ4n) is 4.55. The molecule has 5 rings (SSSR count). The highest BCUT2D eigenvalue weighted by Crippen LogP contribution is 2.45. The maximum Gasteiger partial charge on any atom is 0.360 e. The van der Waals surface area contributed by atoms with Gasteiger partial charge in [-0.15, -0.1) is 0 Å². The fourth-order valence-corrected chi connectivity index (χ4v) is 4.55. The lowest BCUT2D eigenvalue weighted by molar-refractivity contribution is -0.143. The predicted molar refractivity (Wildman–Crippen MR) is 133 cm³/mol. The molecule has 0 bridgehead atoms. The Morgan fingerprint density at radius 3 is 2.41 bits per heavy atom. The first-order valence-electron chi connectivity index (χ1n) is 11.1. The Morgan fingerprint density at radius 2 is 1.73 bits per heavy atom. The number of ether oxygens (including phenoxy) is 5. The van der Waals surface area contributed by atoms with Crippen molar-refractivity contribution >= 4 is 45.2 Å². The van der Waals surface area contributed by atoms with Gasteiger partial charge in [0.25, 0.3) is 0 Å². The summed E-state index contributed by atoms with van der Waals surface area (Å²) < 4.78 is 26.9. The maximum absolute atomic E-state index is 13.4. The molecule has 0 saturated carbocycles. The van der Waals surface area contributed by atoms with Crippen molar-refractivity contribution in [2.75, 3.05) is 33.8 Å². The van der Waals surface area contributed by atoms with E-state index in [-0.39, 0.29) is 22.7 Å². The molecule has 1 aliphatic heterocycles. The predicted octanol–water partition coefficient (Wildman–Crippen LogP) is 3.50. The van der Waals surface area contributed by atoms with Gasteiger partial charge in [0.1, 0.15) is 5.69 Å². The van der Waals surface area contributed by atoms with Gasteiger partial charge in [-0.3, -0.25) is 9.78 Å². The Morgan fingerprint density at radius 1 is 0.973 bits per heavy atom. The van der Waals surface area contributed by atoms with Crippen LogP contribution in [0.2, 0.25) is 0 Å². The van der Waals surface area contributed by atoms with Gasteiger partial charge in [0.05, 0.1) is 50.7 Å². The van der Waals surface area contributed by atoms with Crippen LogP contribution in [0.15, 0.2) is 36.5 Å². The second kappa shape index (κ2) is 8.70. The van der Waals surface area contributed by atoms with Gasteiger partial charge in [-0.1, -0.05) is 6.07 Å². The van der Waals surface area contributed by atoms with E-state index in [0.717, 1.165) is 0 Å². The quantitative estimate of drug-likeness (QED) is 0.227. The number of esters is 2. The first-order chi connectivity index (χ1) is 17.8. The number of hydrogen-bond donors (Lipinski definition) is 2. The molecule has 0 amide bonds. The van der Waals surface area contributed by atoms with E-state index >= 15 is 0 Å². The summed E-state index contributed by atoms with van der Waals surface area (Å²) in [6.45, 7) is 1.42. The lowest BCUT2D eigenvalue weighted by Gasteiger charge is -2.20. The third-order valence-electron chi connectivity index (χ3n) is 6.36. The van der Waals surface area contributed by atoms with Crippen molar-refractivity contribution < 1.29 is 38.1 Å². The third-order valence-corrected chi connectivity index (χ3v) is 6.36. The first kappa shape index (κ1) is 23.9. The zero-order chi connectivity index (χ0) is 26.5. The smallest absolute Gasteiger partial charge is 0.360 e. The minimum atomic E-state index is -1.69. The molecule has 0 radical (unpaired) electrons. The summed E-state index contributed by atoms with van der Waals surface area (Å²) in [6.07, 6.45) is 1.55. The molecule has 1 unspecified atom stereocenters. The molecule has 2 aromatic heterocycles. The molecular weight excluding hydrogens is 482 g/mol. The summed E-state index contributed by atoms with van der Waals surface area (Å²) in [5.41, 5.74) is -0.272. The number of aromatic nitrogens is 2. The van der Waals surface area contributed by atoms with Crippen LogP contribution in [0.5, 0.6) is 23.0 Å². The number of carbonyl (C=O) groups is 3. The fraction of sp³-hybridized carbons (Fsp3) is 0.231. The van der Waals surface area contributed by atoms with E-state index in [4.69, 9.17) is 23.7 Å². The molecular formula is C26H23N3O8. The normalized spacial score (nSPS) is 16.3. The molecule has 11 nitrogen and oxygen atoms in total. The van der Waals surface area contributed by atoms with Gasteiger partial charge in [-0.05, 0) is 25.1 Å². The number of nitrogens with zero attached hydrogens (tertiary/aromatic N) is 1. The van der Waals surface area contributed by atoms with Gasteiger partial charge >= 0.3 is 11.9 Å². The van der Waals surface area contributed by atoms with Crippen LogP contribution < -0.4 is 24.3 Å². The number of aromatic amines is 1.